The fourth-order valence-electron chi connectivity index (χ4n) is 3.98. The molecule has 3 aromatic carbocycles. The van der Waals surface area contributed by atoms with Gasteiger partial charge in [-0.1, -0.05) is 48.9 Å². The van der Waals surface area contributed by atoms with E-state index in [-0.39, 0.29) is 0 Å². The molecule has 0 fully saturated rings. The third-order valence-electron chi connectivity index (χ3n) is 5.93. The summed E-state index contributed by atoms with van der Waals surface area (Å²) in [4.78, 5) is 0. The van der Waals surface area contributed by atoms with E-state index in [1.54, 1.807) is 21.3 Å². The molecule has 33 heavy (non-hydrogen) atoms. The second-order valence-corrected chi connectivity index (χ2v) is 8.02. The monoisotopic (exact) mass is 446 g/mol. The summed E-state index contributed by atoms with van der Waals surface area (Å²) in [6.07, 6.45) is 0.888. The van der Waals surface area contributed by atoms with E-state index in [1.165, 1.54) is 5.57 Å². The zero-order valence-electron chi connectivity index (χ0n) is 20.4. The number of methoxy groups -OCH3 is 3. The molecule has 0 aliphatic rings. The maximum Gasteiger partial charge on any atom is 0.118 e. The van der Waals surface area contributed by atoms with Crippen molar-refractivity contribution in [2.24, 2.45) is 0 Å². The lowest BCUT2D eigenvalue weighted by atomic mass is 9.77. The Hall–Kier alpha value is -3.44. The maximum atomic E-state index is 5.42. The Morgan fingerprint density at radius 1 is 0.636 bits per heavy atom. The molecule has 0 atom stereocenters. The molecule has 0 bridgehead atoms. The van der Waals surface area contributed by atoms with E-state index >= 15 is 0 Å². The van der Waals surface area contributed by atoms with E-state index in [0.717, 1.165) is 46.1 Å². The lowest BCUT2D eigenvalue weighted by Gasteiger charge is -2.38. The highest BCUT2D eigenvalue weighted by atomic mass is 16.5. The van der Waals surface area contributed by atoms with E-state index in [2.05, 4.69) is 68.0 Å². The number of nitrogens with one attached hydrogen (secondary N) is 2. The summed E-state index contributed by atoms with van der Waals surface area (Å²) in [6.45, 7) is 6.37. The summed E-state index contributed by atoms with van der Waals surface area (Å²) in [5, 5.41) is 0. The van der Waals surface area contributed by atoms with Crippen molar-refractivity contribution in [1.29, 1.82) is 0 Å². The number of hydrazine groups is 1. The van der Waals surface area contributed by atoms with Crippen LogP contribution in [0.4, 0.5) is 0 Å². The molecule has 2 N–H and O–H groups in total. The van der Waals surface area contributed by atoms with Crippen molar-refractivity contribution in [3.63, 3.8) is 0 Å². The van der Waals surface area contributed by atoms with Crippen LogP contribution in [0.3, 0.4) is 0 Å². The lowest BCUT2D eigenvalue weighted by molar-refractivity contribution is 0.401. The van der Waals surface area contributed by atoms with Crippen LogP contribution in [0.2, 0.25) is 0 Å². The van der Waals surface area contributed by atoms with Crippen molar-refractivity contribution in [2.45, 2.75) is 32.7 Å². The second kappa shape index (κ2) is 10.9. The van der Waals surface area contributed by atoms with E-state index in [4.69, 9.17) is 14.2 Å². The van der Waals surface area contributed by atoms with Crippen molar-refractivity contribution in [3.05, 3.63) is 101 Å². The average Bonchev–Trinajstić information content (AvgIpc) is 2.87. The molecule has 5 heteroatoms. The van der Waals surface area contributed by atoms with Gasteiger partial charge in [0, 0.05) is 5.70 Å². The summed E-state index contributed by atoms with van der Waals surface area (Å²) in [7, 11) is 5.03. The fourth-order valence-corrected chi connectivity index (χ4v) is 3.98. The van der Waals surface area contributed by atoms with Crippen molar-refractivity contribution in [2.75, 3.05) is 21.3 Å². The van der Waals surface area contributed by atoms with Crippen molar-refractivity contribution >= 4 is 0 Å². The van der Waals surface area contributed by atoms with Crippen molar-refractivity contribution < 1.29 is 14.2 Å². The summed E-state index contributed by atoms with van der Waals surface area (Å²) >= 11 is 0. The predicted octanol–water partition coefficient (Wildman–Crippen LogP) is 5.80. The Balaban J connectivity index is 2.26. The highest BCUT2D eigenvalue weighted by molar-refractivity contribution is 5.52. The molecule has 0 amide bonds. The second-order valence-electron chi connectivity index (χ2n) is 8.02. The van der Waals surface area contributed by atoms with Gasteiger partial charge in [-0.2, -0.15) is 0 Å². The van der Waals surface area contributed by atoms with Crippen molar-refractivity contribution in [1.82, 2.24) is 10.9 Å². The molecular formula is C28H34N2O3. The van der Waals surface area contributed by atoms with Gasteiger partial charge in [0.25, 0.3) is 0 Å². The third-order valence-corrected chi connectivity index (χ3v) is 5.93. The van der Waals surface area contributed by atoms with Gasteiger partial charge in [0.2, 0.25) is 0 Å². The van der Waals surface area contributed by atoms with Gasteiger partial charge in [-0.05, 0) is 73.4 Å². The normalized spacial score (nSPS) is 11.0. The van der Waals surface area contributed by atoms with Crippen LogP contribution in [0.25, 0.3) is 0 Å². The first kappa shape index (κ1) is 24.2. The first-order valence-corrected chi connectivity index (χ1v) is 11.1. The minimum atomic E-state index is -0.694. The number of rotatable bonds is 10. The Morgan fingerprint density at radius 3 is 1.21 bits per heavy atom. The number of hydrogen-bond acceptors (Lipinski definition) is 5. The zero-order chi connectivity index (χ0) is 23.8. The van der Waals surface area contributed by atoms with Gasteiger partial charge in [0.1, 0.15) is 22.8 Å². The van der Waals surface area contributed by atoms with E-state index < -0.39 is 5.54 Å². The van der Waals surface area contributed by atoms with E-state index in [9.17, 15) is 0 Å². The summed E-state index contributed by atoms with van der Waals surface area (Å²) < 4.78 is 16.3. The first-order valence-electron chi connectivity index (χ1n) is 11.1. The maximum absolute atomic E-state index is 5.42. The molecule has 0 aliphatic heterocycles. The standard InChI is InChI=1S/C28H34N2O3/c1-7-27(20(2)3)29-30-28(21-8-14-24(31-4)15-9-21,22-10-16-25(32-5)17-11-22)23-12-18-26(33-6)19-13-23/h8-19,29-30H,7H2,1-6H3. The molecule has 3 rings (SSSR count). The molecule has 0 heterocycles. The van der Waals surface area contributed by atoms with E-state index in [1.807, 2.05) is 36.4 Å². The smallest absolute Gasteiger partial charge is 0.118 e. The SMILES string of the molecule is CCC(NNC(c1ccc(OC)cc1)(c1ccc(OC)cc1)c1ccc(OC)cc1)=C(C)C. The summed E-state index contributed by atoms with van der Waals surface area (Å²) in [5.41, 5.74) is 12.1. The summed E-state index contributed by atoms with van der Waals surface area (Å²) in [6, 6.07) is 24.5. The van der Waals surface area contributed by atoms with Gasteiger partial charge in [-0.15, -0.1) is 0 Å². The molecule has 0 saturated heterocycles. The molecule has 0 unspecified atom stereocenters. The third kappa shape index (κ3) is 5.15. The molecule has 5 nitrogen and oxygen atoms in total. The number of benzene rings is 3. The van der Waals surface area contributed by atoms with Crippen LogP contribution >= 0.6 is 0 Å². The van der Waals surface area contributed by atoms with Crippen LogP contribution in [-0.2, 0) is 5.54 Å². The van der Waals surface area contributed by atoms with Crippen LogP contribution in [0.15, 0.2) is 84.1 Å². The van der Waals surface area contributed by atoms with Crippen LogP contribution in [0.1, 0.15) is 43.9 Å². The minimum Gasteiger partial charge on any atom is -0.497 e. The Bertz CT molecular complexity index is 936. The van der Waals surface area contributed by atoms with Gasteiger partial charge >= 0.3 is 0 Å². The lowest BCUT2D eigenvalue weighted by Crippen LogP contribution is -2.51. The summed E-state index contributed by atoms with van der Waals surface area (Å²) in [5.74, 6) is 2.43. The number of allylic oxidation sites excluding steroid dienone is 2. The molecule has 3 aromatic rings. The van der Waals surface area contributed by atoms with Gasteiger partial charge in [-0.25, -0.2) is 5.43 Å². The van der Waals surface area contributed by atoms with Crippen LogP contribution in [0, 0.1) is 0 Å². The Labute approximate surface area is 197 Å². The molecule has 0 spiro atoms. The topological polar surface area (TPSA) is 51.8 Å². The molecular weight excluding hydrogens is 412 g/mol. The first-order chi connectivity index (χ1) is 16.0. The van der Waals surface area contributed by atoms with E-state index in [0.29, 0.717) is 0 Å². The number of ether oxygens (including phenoxy) is 3. The highest BCUT2D eigenvalue weighted by Crippen LogP contribution is 2.38. The van der Waals surface area contributed by atoms with Crippen molar-refractivity contribution in [3.8, 4) is 17.2 Å². The number of hydrogen-bond donors (Lipinski definition) is 2. The molecule has 0 saturated carbocycles. The zero-order valence-corrected chi connectivity index (χ0v) is 20.4. The largest absolute Gasteiger partial charge is 0.497 e. The van der Waals surface area contributed by atoms with Gasteiger partial charge < -0.3 is 19.6 Å². The quantitative estimate of drug-likeness (QED) is 0.304. The Kier molecular flexibility index (Phi) is 8.01. The molecule has 0 radical (unpaired) electrons. The minimum absolute atomic E-state index is 0.694. The van der Waals surface area contributed by atoms with Gasteiger partial charge in [-0.3, -0.25) is 0 Å². The predicted molar refractivity (Wildman–Crippen MR) is 134 cm³/mol. The fraction of sp³-hybridized carbons (Fsp3) is 0.286. The van der Waals surface area contributed by atoms with Crippen LogP contribution < -0.4 is 25.1 Å². The Morgan fingerprint density at radius 2 is 0.970 bits per heavy atom. The van der Waals surface area contributed by atoms with Gasteiger partial charge in [0.15, 0.2) is 0 Å². The highest BCUT2D eigenvalue weighted by Gasteiger charge is 2.37. The van der Waals surface area contributed by atoms with Gasteiger partial charge in [0.05, 0.1) is 21.3 Å². The van der Waals surface area contributed by atoms with Crippen LogP contribution in [0.5, 0.6) is 17.2 Å². The molecule has 0 aliphatic carbocycles. The molecule has 0 aromatic heterocycles. The molecule has 174 valence electrons. The van der Waals surface area contributed by atoms with Crippen LogP contribution in [-0.4, -0.2) is 21.3 Å². The average molecular weight is 447 g/mol.